The summed E-state index contributed by atoms with van der Waals surface area (Å²) in [6.45, 7) is 0.503. The Hall–Kier alpha value is -2.26. The molecule has 0 aliphatic carbocycles. The van der Waals surface area contributed by atoms with Crippen molar-refractivity contribution in [2.75, 3.05) is 18.5 Å². The van der Waals surface area contributed by atoms with Crippen LogP contribution in [0.5, 0.6) is 0 Å². The van der Waals surface area contributed by atoms with Gasteiger partial charge in [-0.05, 0) is 36.4 Å². The van der Waals surface area contributed by atoms with Crippen LogP contribution in [0, 0.1) is 0 Å². The van der Waals surface area contributed by atoms with Gasteiger partial charge in [0.15, 0.2) is 17.0 Å². The first kappa shape index (κ1) is 20.0. The summed E-state index contributed by atoms with van der Waals surface area (Å²) in [4.78, 5) is 13.0. The Morgan fingerprint density at radius 2 is 2.03 bits per heavy atom. The van der Waals surface area contributed by atoms with Crippen LogP contribution < -0.4 is 5.32 Å². The Balaban J connectivity index is 1.41. The van der Waals surface area contributed by atoms with E-state index < -0.39 is 18.4 Å². The molecule has 1 aliphatic rings. The number of nitrogens with zero attached hydrogens (tertiary/aromatic N) is 4. The molecule has 29 heavy (non-hydrogen) atoms. The number of halogens is 1. The van der Waals surface area contributed by atoms with Crippen LogP contribution in [0.2, 0.25) is 5.28 Å². The van der Waals surface area contributed by atoms with Gasteiger partial charge < -0.3 is 20.3 Å². The van der Waals surface area contributed by atoms with Crippen LogP contribution in [0.4, 0.5) is 5.82 Å². The molecule has 0 radical (unpaired) electrons. The second-order valence-corrected chi connectivity index (χ2v) is 7.49. The minimum atomic E-state index is -0.734. The summed E-state index contributed by atoms with van der Waals surface area (Å²) >= 11 is 6.13. The average Bonchev–Trinajstić information content (AvgIpc) is 3.31. The summed E-state index contributed by atoms with van der Waals surface area (Å²) in [5, 5.41) is 22.7. The zero-order valence-electron chi connectivity index (χ0n) is 15.9. The van der Waals surface area contributed by atoms with E-state index in [0.29, 0.717) is 23.4 Å². The van der Waals surface area contributed by atoms with Gasteiger partial charge in [0.05, 0.1) is 19.0 Å². The zero-order valence-corrected chi connectivity index (χ0v) is 16.7. The number of imidazole rings is 1. The van der Waals surface area contributed by atoms with Crippen molar-refractivity contribution in [3.8, 4) is 0 Å². The predicted molar refractivity (Wildman–Crippen MR) is 110 cm³/mol. The third-order valence-corrected chi connectivity index (χ3v) is 5.29. The first-order valence-corrected chi connectivity index (χ1v) is 10.2. The maximum absolute atomic E-state index is 10.00. The number of aliphatic hydroxyl groups is 2. The molecule has 0 bridgehead atoms. The van der Waals surface area contributed by atoms with Crippen LogP contribution in [0.25, 0.3) is 11.2 Å². The van der Waals surface area contributed by atoms with E-state index in [1.165, 1.54) is 5.56 Å². The van der Waals surface area contributed by atoms with Gasteiger partial charge in [0.2, 0.25) is 5.28 Å². The number of nitrogens with one attached hydrogen (secondary N) is 1. The summed E-state index contributed by atoms with van der Waals surface area (Å²) in [7, 11) is 0. The van der Waals surface area contributed by atoms with Crippen molar-refractivity contribution >= 4 is 28.6 Å². The van der Waals surface area contributed by atoms with Gasteiger partial charge in [-0.25, -0.2) is 4.98 Å². The van der Waals surface area contributed by atoms with E-state index in [4.69, 9.17) is 16.3 Å². The fourth-order valence-corrected chi connectivity index (χ4v) is 3.74. The van der Waals surface area contributed by atoms with Gasteiger partial charge in [-0.3, -0.25) is 4.57 Å². The summed E-state index contributed by atoms with van der Waals surface area (Å²) in [6.07, 6.45) is 3.22. The maximum atomic E-state index is 10.00. The smallest absolute Gasteiger partial charge is 0.226 e. The van der Waals surface area contributed by atoms with Crippen molar-refractivity contribution in [2.45, 2.75) is 44.1 Å². The highest BCUT2D eigenvalue weighted by Gasteiger charge is 2.35. The van der Waals surface area contributed by atoms with Gasteiger partial charge in [0.1, 0.15) is 12.3 Å². The molecule has 8 nitrogen and oxygen atoms in total. The van der Waals surface area contributed by atoms with E-state index in [1.54, 1.807) is 10.9 Å². The number of ether oxygens (including phenoxy) is 1. The summed E-state index contributed by atoms with van der Waals surface area (Å²) < 4.78 is 7.43. The predicted octanol–water partition coefficient (Wildman–Crippen LogP) is 2.56. The van der Waals surface area contributed by atoms with E-state index >= 15 is 0 Å². The van der Waals surface area contributed by atoms with Crippen molar-refractivity contribution in [2.24, 2.45) is 0 Å². The number of anilines is 1. The lowest BCUT2D eigenvalue weighted by Crippen LogP contribution is -2.24. The highest BCUT2D eigenvalue weighted by molar-refractivity contribution is 6.28. The molecule has 3 N–H and O–H groups in total. The maximum Gasteiger partial charge on any atom is 0.226 e. The van der Waals surface area contributed by atoms with Gasteiger partial charge in [-0.2, -0.15) is 9.97 Å². The normalized spacial score (nSPS) is 21.7. The lowest BCUT2D eigenvalue weighted by molar-refractivity contribution is -0.0432. The van der Waals surface area contributed by atoms with Crippen LogP contribution in [-0.4, -0.2) is 55.1 Å². The monoisotopic (exact) mass is 417 g/mol. The van der Waals surface area contributed by atoms with Crippen LogP contribution in [0.3, 0.4) is 0 Å². The summed E-state index contributed by atoms with van der Waals surface area (Å²) in [5.41, 5.74) is 2.47. The van der Waals surface area contributed by atoms with E-state index in [2.05, 4.69) is 44.5 Å². The van der Waals surface area contributed by atoms with E-state index in [1.807, 2.05) is 6.07 Å². The van der Waals surface area contributed by atoms with Crippen LogP contribution in [-0.2, 0) is 11.2 Å². The number of aliphatic hydroxyl groups excluding tert-OH is 2. The third kappa shape index (κ3) is 4.51. The van der Waals surface area contributed by atoms with Crippen molar-refractivity contribution in [1.29, 1.82) is 0 Å². The molecule has 0 amide bonds. The molecule has 0 unspecified atom stereocenters. The number of benzene rings is 1. The van der Waals surface area contributed by atoms with Crippen molar-refractivity contribution in [1.82, 2.24) is 19.5 Å². The molecular formula is C20H24ClN5O3. The molecule has 1 aromatic carbocycles. The Kier molecular flexibility index (Phi) is 6.25. The highest BCUT2D eigenvalue weighted by atomic mass is 35.5. The van der Waals surface area contributed by atoms with Crippen molar-refractivity contribution in [3.05, 3.63) is 47.5 Å². The lowest BCUT2D eigenvalue weighted by Gasteiger charge is -2.14. The molecule has 0 spiro atoms. The Morgan fingerprint density at radius 1 is 1.21 bits per heavy atom. The Morgan fingerprint density at radius 3 is 2.79 bits per heavy atom. The topological polar surface area (TPSA) is 105 Å². The number of unbranched alkanes of at least 4 members (excludes halogenated alkanes) is 1. The molecule has 0 saturated carbocycles. The van der Waals surface area contributed by atoms with E-state index in [-0.39, 0.29) is 11.9 Å². The molecule has 4 rings (SSSR count). The number of rotatable bonds is 8. The Bertz CT molecular complexity index is 952. The van der Waals surface area contributed by atoms with Gasteiger partial charge >= 0.3 is 0 Å². The quantitative estimate of drug-likeness (QED) is 0.382. The van der Waals surface area contributed by atoms with E-state index in [0.717, 1.165) is 25.8 Å². The molecule has 1 saturated heterocycles. The zero-order chi connectivity index (χ0) is 20.2. The molecule has 1 fully saturated rings. The molecule has 2 aromatic heterocycles. The lowest BCUT2D eigenvalue weighted by atomic mass is 10.1. The van der Waals surface area contributed by atoms with Gasteiger partial charge in [0, 0.05) is 13.0 Å². The fraction of sp³-hybridized carbons (Fsp3) is 0.450. The molecule has 3 aromatic rings. The van der Waals surface area contributed by atoms with Gasteiger partial charge in [-0.1, -0.05) is 30.3 Å². The van der Waals surface area contributed by atoms with Gasteiger partial charge in [-0.15, -0.1) is 0 Å². The van der Waals surface area contributed by atoms with Crippen LogP contribution in [0.1, 0.15) is 31.1 Å². The van der Waals surface area contributed by atoms with Crippen molar-refractivity contribution in [3.63, 3.8) is 0 Å². The SMILES string of the molecule is OC[C@H]1O[C@@H](n2cnc3c(NCCCCc4ccccc4)nc(Cl)nc32)C[C@@H]1O. The van der Waals surface area contributed by atoms with Crippen LogP contribution >= 0.6 is 11.6 Å². The summed E-state index contributed by atoms with van der Waals surface area (Å²) in [6, 6.07) is 10.4. The highest BCUT2D eigenvalue weighted by Crippen LogP contribution is 2.32. The number of aryl methyl sites for hydroxylation is 1. The van der Waals surface area contributed by atoms with Crippen LogP contribution in [0.15, 0.2) is 36.7 Å². The van der Waals surface area contributed by atoms with Crippen molar-refractivity contribution < 1.29 is 14.9 Å². The standard InChI is InChI=1S/C20H24ClN5O3/c21-20-24-18(22-9-5-4-8-13-6-2-1-3-7-13)17-19(25-20)26(12-23-17)16-10-14(28)15(11-27)29-16/h1-3,6-7,12,14-16,27-28H,4-5,8-11H2,(H,22,24,25)/t14-,15+,16+/m0/s1. The minimum absolute atomic E-state index is 0.114. The Labute approximate surface area is 173 Å². The molecule has 9 heteroatoms. The number of hydrogen-bond donors (Lipinski definition) is 3. The fourth-order valence-electron chi connectivity index (χ4n) is 3.58. The van der Waals surface area contributed by atoms with E-state index in [9.17, 15) is 10.2 Å². The number of hydrogen-bond acceptors (Lipinski definition) is 7. The first-order valence-electron chi connectivity index (χ1n) is 9.78. The average molecular weight is 418 g/mol. The molecule has 3 atom stereocenters. The second-order valence-electron chi connectivity index (χ2n) is 7.15. The van der Waals surface area contributed by atoms with Gasteiger partial charge in [0.25, 0.3) is 0 Å². The minimum Gasteiger partial charge on any atom is -0.394 e. The third-order valence-electron chi connectivity index (χ3n) is 5.12. The summed E-state index contributed by atoms with van der Waals surface area (Å²) in [5.74, 6) is 0.579. The number of fused-ring (bicyclic) bond motifs is 1. The molecule has 1 aliphatic heterocycles. The molecular weight excluding hydrogens is 394 g/mol. The molecule has 154 valence electrons. The largest absolute Gasteiger partial charge is 0.394 e. The second kappa shape index (κ2) is 9.04. The molecule has 3 heterocycles. The first-order chi connectivity index (χ1) is 14.2. The number of aromatic nitrogens is 4.